The molecule has 1 aromatic rings. The van der Waals surface area contributed by atoms with E-state index in [9.17, 15) is 9.90 Å². The zero-order valence-corrected chi connectivity index (χ0v) is 11.8. The fourth-order valence-corrected chi connectivity index (χ4v) is 3.23. The van der Waals surface area contributed by atoms with Gasteiger partial charge in [-0.1, -0.05) is 0 Å². The van der Waals surface area contributed by atoms with Gasteiger partial charge in [0.15, 0.2) is 0 Å². The van der Waals surface area contributed by atoms with Crippen LogP contribution in [0.15, 0.2) is 18.2 Å². The fourth-order valence-electron chi connectivity index (χ4n) is 3.23. The summed E-state index contributed by atoms with van der Waals surface area (Å²) in [6, 6.07) is 5.47. The molecule has 0 spiro atoms. The van der Waals surface area contributed by atoms with Gasteiger partial charge in [0.2, 0.25) is 5.91 Å². The number of phenolic OH excluding ortho intramolecular Hbond substituents is 1. The standard InChI is InChI=1S/C16H22N2O2/c19-14-6-7-15-13(11-14)5-4-10-18(15)12-16(20)17-8-2-1-3-9-17/h6-7,11,19H,1-5,8-10,12H2. The molecule has 0 aliphatic carbocycles. The Hall–Kier alpha value is -1.71. The first kappa shape index (κ1) is 13.3. The number of nitrogens with zero attached hydrogens (tertiary/aromatic N) is 2. The van der Waals surface area contributed by atoms with Gasteiger partial charge in [-0.15, -0.1) is 0 Å². The zero-order chi connectivity index (χ0) is 13.9. The molecule has 4 heteroatoms. The van der Waals surface area contributed by atoms with Crippen molar-refractivity contribution in [1.82, 2.24) is 4.90 Å². The topological polar surface area (TPSA) is 43.8 Å². The Labute approximate surface area is 120 Å². The monoisotopic (exact) mass is 274 g/mol. The number of hydrogen-bond acceptors (Lipinski definition) is 3. The summed E-state index contributed by atoms with van der Waals surface area (Å²) >= 11 is 0. The van der Waals surface area contributed by atoms with Crippen molar-refractivity contribution in [2.45, 2.75) is 32.1 Å². The molecule has 0 unspecified atom stereocenters. The molecule has 0 bridgehead atoms. The predicted octanol–water partition coefficient (Wildman–Crippen LogP) is 2.16. The molecule has 0 saturated carbocycles. The lowest BCUT2D eigenvalue weighted by atomic mass is 10.0. The highest BCUT2D eigenvalue weighted by molar-refractivity contribution is 5.82. The number of likely N-dealkylation sites (tertiary alicyclic amines) is 1. The quantitative estimate of drug-likeness (QED) is 0.898. The third-order valence-corrected chi connectivity index (χ3v) is 4.31. The summed E-state index contributed by atoms with van der Waals surface area (Å²) < 4.78 is 0. The molecule has 3 rings (SSSR count). The highest BCUT2D eigenvalue weighted by Gasteiger charge is 2.23. The molecular formula is C16H22N2O2. The van der Waals surface area contributed by atoms with E-state index in [1.54, 1.807) is 6.07 Å². The minimum atomic E-state index is 0.241. The number of aryl methyl sites for hydroxylation is 1. The Morgan fingerprint density at radius 3 is 2.70 bits per heavy atom. The molecule has 0 radical (unpaired) electrons. The molecule has 1 amide bonds. The van der Waals surface area contributed by atoms with Crippen LogP contribution in [0.3, 0.4) is 0 Å². The normalized spacial score (nSPS) is 18.8. The summed E-state index contributed by atoms with van der Waals surface area (Å²) in [6.07, 6.45) is 5.55. The SMILES string of the molecule is O=C(CN1CCCc2cc(O)ccc21)N1CCCCC1. The Balaban J connectivity index is 1.71. The smallest absolute Gasteiger partial charge is 0.242 e. The summed E-state index contributed by atoms with van der Waals surface area (Å²) in [5.74, 6) is 0.554. The van der Waals surface area contributed by atoms with Crippen LogP contribution in [0, 0.1) is 0 Å². The fraction of sp³-hybridized carbons (Fsp3) is 0.562. The van der Waals surface area contributed by atoms with Crippen LogP contribution in [-0.2, 0) is 11.2 Å². The highest BCUT2D eigenvalue weighted by atomic mass is 16.3. The number of amides is 1. The van der Waals surface area contributed by atoms with Crippen LogP contribution >= 0.6 is 0 Å². The molecule has 2 aliphatic heterocycles. The van der Waals surface area contributed by atoms with Crippen LogP contribution in [0.4, 0.5) is 5.69 Å². The van der Waals surface area contributed by atoms with Gasteiger partial charge in [-0.2, -0.15) is 0 Å². The van der Waals surface area contributed by atoms with Crippen LogP contribution in [0.2, 0.25) is 0 Å². The lowest BCUT2D eigenvalue weighted by Gasteiger charge is -2.34. The van der Waals surface area contributed by atoms with Crippen LogP contribution in [0.1, 0.15) is 31.2 Å². The molecule has 2 heterocycles. The van der Waals surface area contributed by atoms with Crippen LogP contribution in [0.5, 0.6) is 5.75 Å². The molecule has 2 aliphatic rings. The van der Waals surface area contributed by atoms with Crippen LogP contribution in [0.25, 0.3) is 0 Å². The molecule has 1 aromatic carbocycles. The summed E-state index contributed by atoms with van der Waals surface area (Å²) in [4.78, 5) is 16.5. The van der Waals surface area contributed by atoms with Gasteiger partial charge in [0.25, 0.3) is 0 Å². The van der Waals surface area contributed by atoms with E-state index in [1.165, 1.54) is 6.42 Å². The lowest BCUT2D eigenvalue weighted by Crippen LogP contribution is -2.44. The van der Waals surface area contributed by atoms with E-state index in [0.29, 0.717) is 12.3 Å². The van der Waals surface area contributed by atoms with Crippen molar-refractivity contribution in [2.24, 2.45) is 0 Å². The average Bonchev–Trinajstić information content (AvgIpc) is 2.48. The molecule has 0 aromatic heterocycles. The number of phenols is 1. The number of benzene rings is 1. The number of piperidine rings is 1. The van der Waals surface area contributed by atoms with Gasteiger partial charge in [-0.05, 0) is 55.9 Å². The van der Waals surface area contributed by atoms with E-state index < -0.39 is 0 Å². The molecule has 1 saturated heterocycles. The van der Waals surface area contributed by atoms with Gasteiger partial charge in [0, 0.05) is 25.3 Å². The van der Waals surface area contributed by atoms with E-state index in [1.807, 2.05) is 17.0 Å². The highest BCUT2D eigenvalue weighted by Crippen LogP contribution is 2.30. The molecule has 108 valence electrons. The van der Waals surface area contributed by atoms with E-state index in [0.717, 1.165) is 56.6 Å². The average molecular weight is 274 g/mol. The number of carbonyl (C=O) groups is 1. The van der Waals surface area contributed by atoms with Gasteiger partial charge in [-0.3, -0.25) is 4.79 Å². The van der Waals surface area contributed by atoms with E-state index in [2.05, 4.69) is 4.90 Å². The summed E-state index contributed by atoms with van der Waals surface area (Å²) in [7, 11) is 0. The maximum Gasteiger partial charge on any atom is 0.242 e. The molecule has 4 nitrogen and oxygen atoms in total. The largest absolute Gasteiger partial charge is 0.508 e. The van der Waals surface area contributed by atoms with E-state index in [-0.39, 0.29) is 5.91 Å². The predicted molar refractivity (Wildman–Crippen MR) is 79.1 cm³/mol. The van der Waals surface area contributed by atoms with Crippen molar-refractivity contribution in [3.8, 4) is 5.75 Å². The molecule has 1 fully saturated rings. The summed E-state index contributed by atoms with van der Waals surface area (Å²) in [5, 5.41) is 9.57. The zero-order valence-electron chi connectivity index (χ0n) is 11.8. The second-order valence-corrected chi connectivity index (χ2v) is 5.78. The number of aromatic hydroxyl groups is 1. The maximum atomic E-state index is 12.4. The minimum Gasteiger partial charge on any atom is -0.508 e. The van der Waals surface area contributed by atoms with Gasteiger partial charge in [0.05, 0.1) is 6.54 Å². The van der Waals surface area contributed by atoms with Crippen molar-refractivity contribution in [2.75, 3.05) is 31.1 Å². The van der Waals surface area contributed by atoms with Gasteiger partial charge in [0.1, 0.15) is 5.75 Å². The van der Waals surface area contributed by atoms with Crippen molar-refractivity contribution >= 4 is 11.6 Å². The molecule has 1 N–H and O–H groups in total. The Kier molecular flexibility index (Phi) is 3.81. The van der Waals surface area contributed by atoms with Gasteiger partial charge in [-0.25, -0.2) is 0 Å². The van der Waals surface area contributed by atoms with Crippen LogP contribution < -0.4 is 4.90 Å². The van der Waals surface area contributed by atoms with Crippen molar-refractivity contribution in [3.63, 3.8) is 0 Å². The maximum absolute atomic E-state index is 12.4. The molecule has 0 atom stereocenters. The summed E-state index contributed by atoms with van der Waals surface area (Å²) in [5.41, 5.74) is 2.27. The molecular weight excluding hydrogens is 252 g/mol. The lowest BCUT2D eigenvalue weighted by molar-refractivity contribution is -0.130. The number of hydrogen-bond donors (Lipinski definition) is 1. The van der Waals surface area contributed by atoms with Crippen molar-refractivity contribution in [1.29, 1.82) is 0 Å². The van der Waals surface area contributed by atoms with E-state index >= 15 is 0 Å². The summed E-state index contributed by atoms with van der Waals surface area (Å²) in [6.45, 7) is 3.22. The second kappa shape index (κ2) is 5.73. The number of anilines is 1. The van der Waals surface area contributed by atoms with Crippen molar-refractivity contribution in [3.05, 3.63) is 23.8 Å². The number of fused-ring (bicyclic) bond motifs is 1. The third kappa shape index (κ3) is 2.74. The Morgan fingerprint density at radius 2 is 1.90 bits per heavy atom. The first-order valence-corrected chi connectivity index (χ1v) is 7.58. The van der Waals surface area contributed by atoms with E-state index in [4.69, 9.17) is 0 Å². The Morgan fingerprint density at radius 1 is 1.10 bits per heavy atom. The van der Waals surface area contributed by atoms with Gasteiger partial charge < -0.3 is 14.9 Å². The first-order valence-electron chi connectivity index (χ1n) is 7.58. The van der Waals surface area contributed by atoms with Gasteiger partial charge >= 0.3 is 0 Å². The number of rotatable bonds is 2. The third-order valence-electron chi connectivity index (χ3n) is 4.31. The van der Waals surface area contributed by atoms with Crippen LogP contribution in [-0.4, -0.2) is 42.1 Å². The minimum absolute atomic E-state index is 0.241. The number of carbonyl (C=O) groups excluding carboxylic acids is 1. The molecule has 20 heavy (non-hydrogen) atoms. The van der Waals surface area contributed by atoms with Crippen molar-refractivity contribution < 1.29 is 9.90 Å². The Bertz CT molecular complexity index is 495. The second-order valence-electron chi connectivity index (χ2n) is 5.78. The first-order chi connectivity index (χ1) is 9.74.